The maximum atomic E-state index is 10.1. The first-order chi connectivity index (χ1) is 11.3. The second-order valence-corrected chi connectivity index (χ2v) is 6.00. The van der Waals surface area contributed by atoms with Crippen LogP contribution in [0.3, 0.4) is 0 Å². The van der Waals surface area contributed by atoms with Gasteiger partial charge in [0.25, 0.3) is 0 Å². The minimum absolute atomic E-state index is 0.182. The van der Waals surface area contributed by atoms with Crippen LogP contribution in [-0.2, 0) is 9.53 Å². The highest BCUT2D eigenvalue weighted by Gasteiger charge is 1.88. The molecule has 0 saturated carbocycles. The number of carbonyl (C=O) groups excluding carboxylic acids is 1. The molecule has 0 aliphatic heterocycles. The fraction of sp³-hybridized carbons (Fsp3) is 0.409. The summed E-state index contributed by atoms with van der Waals surface area (Å²) in [5, 5.41) is 0. The van der Waals surface area contributed by atoms with Crippen LogP contribution >= 0.6 is 0 Å². The molecule has 0 bridgehead atoms. The first kappa shape index (κ1) is 21.9. The number of hydrogen-bond acceptors (Lipinski definition) is 2. The van der Waals surface area contributed by atoms with Gasteiger partial charge in [-0.25, -0.2) is 0 Å². The number of benzene rings is 2. The van der Waals surface area contributed by atoms with E-state index in [0.717, 1.165) is 12.8 Å². The van der Waals surface area contributed by atoms with Gasteiger partial charge < -0.3 is 4.74 Å². The number of carbonyl (C=O) groups is 1. The lowest BCUT2D eigenvalue weighted by Gasteiger charge is -1.96. The van der Waals surface area contributed by atoms with Gasteiger partial charge in [-0.15, -0.1) is 0 Å². The molecule has 0 aromatic heterocycles. The van der Waals surface area contributed by atoms with Gasteiger partial charge in [0.05, 0.1) is 6.61 Å². The number of ether oxygens (including phenoxy) is 1. The summed E-state index contributed by atoms with van der Waals surface area (Å²) in [6.07, 6.45) is 2.05. The van der Waals surface area contributed by atoms with Crippen LogP contribution in [0.4, 0.5) is 0 Å². The molecule has 0 atom stereocenters. The fourth-order valence-electron chi connectivity index (χ4n) is 1.63. The smallest absolute Gasteiger partial charge is 0.302 e. The Kier molecular flexibility index (Phi) is 12.2. The molecule has 0 heterocycles. The van der Waals surface area contributed by atoms with Gasteiger partial charge in [0.2, 0.25) is 0 Å². The van der Waals surface area contributed by atoms with E-state index in [2.05, 4.69) is 87.9 Å². The number of unbranched alkanes of at least 4 members (excludes halogenated alkanes) is 1. The predicted octanol–water partition coefficient (Wildman–Crippen LogP) is 5.96. The third kappa shape index (κ3) is 13.6. The molecule has 0 spiro atoms. The summed E-state index contributed by atoms with van der Waals surface area (Å²) in [6, 6.07) is 17.0. The van der Waals surface area contributed by atoms with Crippen molar-refractivity contribution in [1.82, 2.24) is 0 Å². The van der Waals surface area contributed by atoms with Crippen molar-refractivity contribution in [3.05, 3.63) is 70.8 Å². The molecule has 2 aromatic rings. The van der Waals surface area contributed by atoms with E-state index in [4.69, 9.17) is 0 Å². The summed E-state index contributed by atoms with van der Waals surface area (Å²) in [5.41, 5.74) is 5.32. The maximum Gasteiger partial charge on any atom is 0.302 e. The quantitative estimate of drug-likeness (QED) is 0.513. The topological polar surface area (TPSA) is 26.3 Å². The summed E-state index contributed by atoms with van der Waals surface area (Å²) in [6.45, 7) is 12.4. The summed E-state index contributed by atoms with van der Waals surface area (Å²) >= 11 is 0. The Balaban J connectivity index is 0.000000331. The first-order valence-corrected chi connectivity index (χ1v) is 8.55. The SMILES string of the molecule is CCCCOC(C)=O.Cc1ccc(C)cc1.Cc1ccc(C)cc1. The van der Waals surface area contributed by atoms with Gasteiger partial charge in [-0.3, -0.25) is 4.79 Å². The van der Waals surface area contributed by atoms with Crippen molar-refractivity contribution in [3.63, 3.8) is 0 Å². The lowest BCUT2D eigenvalue weighted by molar-refractivity contribution is -0.141. The standard InChI is InChI=1S/2C8H10.C6H12O2/c2*1-7-3-5-8(2)6-4-7;1-3-4-5-8-6(2)7/h2*3-6H,1-2H3;3-5H2,1-2H3. The van der Waals surface area contributed by atoms with Gasteiger partial charge in [-0.05, 0) is 34.1 Å². The van der Waals surface area contributed by atoms with Crippen molar-refractivity contribution in [2.45, 2.75) is 54.4 Å². The highest BCUT2D eigenvalue weighted by Crippen LogP contribution is 2.00. The van der Waals surface area contributed by atoms with E-state index in [1.54, 1.807) is 0 Å². The molecular weight excluding hydrogens is 296 g/mol. The van der Waals surface area contributed by atoms with Gasteiger partial charge in [0, 0.05) is 6.92 Å². The Morgan fingerprint density at radius 2 is 1.04 bits per heavy atom. The van der Waals surface area contributed by atoms with E-state index in [1.807, 2.05) is 0 Å². The molecule has 0 unspecified atom stereocenters. The molecule has 0 N–H and O–H groups in total. The van der Waals surface area contributed by atoms with Crippen molar-refractivity contribution in [3.8, 4) is 0 Å². The average Bonchev–Trinajstić information content (AvgIpc) is 2.54. The molecule has 0 amide bonds. The number of rotatable bonds is 3. The molecule has 2 aromatic carbocycles. The third-order valence-corrected chi connectivity index (χ3v) is 3.24. The molecule has 2 nitrogen and oxygen atoms in total. The van der Waals surface area contributed by atoms with Crippen molar-refractivity contribution < 1.29 is 9.53 Å². The zero-order chi connectivity index (χ0) is 18.4. The monoisotopic (exact) mass is 328 g/mol. The maximum absolute atomic E-state index is 10.1. The zero-order valence-corrected chi connectivity index (χ0v) is 16.1. The van der Waals surface area contributed by atoms with E-state index >= 15 is 0 Å². The molecule has 0 aliphatic carbocycles. The van der Waals surface area contributed by atoms with Crippen LogP contribution in [0.5, 0.6) is 0 Å². The highest BCUT2D eigenvalue weighted by molar-refractivity contribution is 5.65. The molecular formula is C22H32O2. The van der Waals surface area contributed by atoms with Gasteiger partial charge in [-0.1, -0.05) is 84.1 Å². The second-order valence-electron chi connectivity index (χ2n) is 6.00. The number of esters is 1. The zero-order valence-electron chi connectivity index (χ0n) is 16.1. The van der Waals surface area contributed by atoms with Crippen LogP contribution in [0.1, 0.15) is 48.9 Å². The van der Waals surface area contributed by atoms with Gasteiger partial charge >= 0.3 is 5.97 Å². The molecule has 132 valence electrons. The molecule has 2 rings (SSSR count). The molecule has 0 radical (unpaired) electrons. The highest BCUT2D eigenvalue weighted by atomic mass is 16.5. The van der Waals surface area contributed by atoms with E-state index in [9.17, 15) is 4.79 Å². The van der Waals surface area contributed by atoms with Crippen LogP contribution in [0.2, 0.25) is 0 Å². The number of hydrogen-bond donors (Lipinski definition) is 0. The van der Waals surface area contributed by atoms with Crippen LogP contribution < -0.4 is 0 Å². The van der Waals surface area contributed by atoms with Crippen molar-refractivity contribution >= 4 is 5.97 Å². The van der Waals surface area contributed by atoms with Crippen LogP contribution in [-0.4, -0.2) is 12.6 Å². The van der Waals surface area contributed by atoms with Crippen LogP contribution in [0.25, 0.3) is 0 Å². The van der Waals surface area contributed by atoms with E-state index in [0.29, 0.717) is 6.61 Å². The summed E-state index contributed by atoms with van der Waals surface area (Å²) < 4.78 is 4.64. The molecule has 0 fully saturated rings. The predicted molar refractivity (Wildman–Crippen MR) is 103 cm³/mol. The molecule has 0 saturated heterocycles. The third-order valence-electron chi connectivity index (χ3n) is 3.24. The minimum Gasteiger partial charge on any atom is -0.466 e. The Morgan fingerprint density at radius 1 is 0.750 bits per heavy atom. The largest absolute Gasteiger partial charge is 0.466 e. The lowest BCUT2D eigenvalue weighted by Crippen LogP contribution is -1.99. The van der Waals surface area contributed by atoms with Crippen molar-refractivity contribution in [1.29, 1.82) is 0 Å². The van der Waals surface area contributed by atoms with Crippen LogP contribution in [0.15, 0.2) is 48.5 Å². The summed E-state index contributed by atoms with van der Waals surface area (Å²) in [4.78, 5) is 10.1. The average molecular weight is 328 g/mol. The van der Waals surface area contributed by atoms with Gasteiger partial charge in [0.15, 0.2) is 0 Å². The first-order valence-electron chi connectivity index (χ1n) is 8.55. The van der Waals surface area contributed by atoms with Gasteiger partial charge in [-0.2, -0.15) is 0 Å². The van der Waals surface area contributed by atoms with E-state index in [-0.39, 0.29) is 5.97 Å². The summed E-state index contributed by atoms with van der Waals surface area (Å²) in [5.74, 6) is -0.182. The Labute approximate surface area is 147 Å². The normalized spacial score (nSPS) is 9.08. The Hall–Kier alpha value is -2.09. The van der Waals surface area contributed by atoms with Crippen molar-refractivity contribution in [2.75, 3.05) is 6.61 Å². The van der Waals surface area contributed by atoms with Gasteiger partial charge in [0.1, 0.15) is 0 Å². The summed E-state index contributed by atoms with van der Waals surface area (Å²) in [7, 11) is 0. The second kappa shape index (κ2) is 13.4. The Morgan fingerprint density at radius 3 is 1.25 bits per heavy atom. The molecule has 2 heteroatoms. The van der Waals surface area contributed by atoms with Crippen LogP contribution in [0, 0.1) is 27.7 Å². The van der Waals surface area contributed by atoms with E-state index < -0.39 is 0 Å². The van der Waals surface area contributed by atoms with E-state index in [1.165, 1.54) is 29.2 Å². The molecule has 0 aliphatic rings. The fourth-order valence-corrected chi connectivity index (χ4v) is 1.63. The minimum atomic E-state index is -0.182. The molecule has 24 heavy (non-hydrogen) atoms. The Bertz CT molecular complexity index is 468. The number of aryl methyl sites for hydroxylation is 4. The lowest BCUT2D eigenvalue weighted by atomic mass is 10.2. The van der Waals surface area contributed by atoms with Crippen molar-refractivity contribution in [2.24, 2.45) is 0 Å².